The van der Waals surface area contributed by atoms with Crippen molar-refractivity contribution in [1.82, 2.24) is 4.98 Å². The summed E-state index contributed by atoms with van der Waals surface area (Å²) >= 11 is 0. The SMILES string of the molecule is CC(=[OH+])/C=C(/C)O.CCCCCCCCc1c[c-]c(-c2nccc3c2ccc2ccccc23)cc1.[Ir]. The molecule has 3 aromatic carbocycles. The summed E-state index contributed by atoms with van der Waals surface area (Å²) in [7, 11) is 0. The molecule has 0 atom stereocenters. The Morgan fingerprint density at radius 3 is 2.31 bits per heavy atom. The van der Waals surface area contributed by atoms with Crippen molar-refractivity contribution in [3.8, 4) is 11.3 Å². The van der Waals surface area contributed by atoms with Gasteiger partial charge in [0.2, 0.25) is 0 Å². The van der Waals surface area contributed by atoms with Crippen molar-refractivity contribution in [3.05, 3.63) is 90.3 Å². The summed E-state index contributed by atoms with van der Waals surface area (Å²) in [6.07, 6.45) is 12.4. The summed E-state index contributed by atoms with van der Waals surface area (Å²) in [6.45, 7) is 5.27. The van der Waals surface area contributed by atoms with Crippen LogP contribution in [0.15, 0.2) is 78.7 Å². The quantitative estimate of drug-likeness (QED) is 0.0488. The Bertz CT molecular complexity index is 1270. The number of unbranched alkanes of at least 4 members (excludes halogenated alkanes) is 5. The number of rotatable bonds is 9. The predicted molar refractivity (Wildman–Crippen MR) is 150 cm³/mol. The number of hydrogen-bond acceptors (Lipinski definition) is 2. The van der Waals surface area contributed by atoms with E-state index in [1.165, 1.54) is 85.6 Å². The Labute approximate surface area is 229 Å². The molecule has 191 valence electrons. The molecule has 0 aliphatic rings. The fourth-order valence-corrected chi connectivity index (χ4v) is 4.32. The fraction of sp³-hybridized carbons (Fsp3) is 0.312. The standard InChI is InChI=1S/C27H28N.C5H8O2.Ir/c1-2-3-4-5-6-7-10-21-13-15-23(16-14-21)27-26-18-17-22-11-8-9-12-24(22)25(26)19-20-28-27;1-4(6)3-5(2)7;/h8-9,11-15,17-20H,2-7,10H2,1H3;3,6H,1-2H3;/q-1;;/p+1/b;4-3-;. The first-order chi connectivity index (χ1) is 17.0. The number of carbonyl (C=O) groups excluding carboxylic acids is 1. The molecule has 1 radical (unpaired) electrons. The number of nitrogens with zero attached hydrogens (tertiary/aromatic N) is 1. The Balaban J connectivity index is 0.000000503. The zero-order chi connectivity index (χ0) is 25.0. The Kier molecular flexibility index (Phi) is 12.5. The van der Waals surface area contributed by atoms with Crippen LogP contribution in [0.25, 0.3) is 32.8 Å². The van der Waals surface area contributed by atoms with Gasteiger partial charge in [0.15, 0.2) is 0 Å². The van der Waals surface area contributed by atoms with Crippen molar-refractivity contribution < 1.29 is 30.0 Å². The van der Waals surface area contributed by atoms with E-state index < -0.39 is 0 Å². The van der Waals surface area contributed by atoms with Gasteiger partial charge in [-0.2, -0.15) is 0 Å². The molecule has 0 saturated heterocycles. The van der Waals surface area contributed by atoms with Crippen molar-refractivity contribution in [2.75, 3.05) is 0 Å². The van der Waals surface area contributed by atoms with E-state index in [-0.39, 0.29) is 31.6 Å². The van der Waals surface area contributed by atoms with Crippen LogP contribution in [0.4, 0.5) is 0 Å². The van der Waals surface area contributed by atoms with Gasteiger partial charge in [-0.05, 0) is 40.2 Å². The van der Waals surface area contributed by atoms with Crippen LogP contribution in [-0.4, -0.2) is 20.7 Å². The summed E-state index contributed by atoms with van der Waals surface area (Å²) in [6, 6.07) is 25.1. The molecular weight excluding hydrogens is 623 g/mol. The number of aryl methyl sites for hydroxylation is 1. The molecule has 3 nitrogen and oxygen atoms in total. The van der Waals surface area contributed by atoms with E-state index in [4.69, 9.17) is 9.90 Å². The number of aliphatic hydroxyl groups is 1. The van der Waals surface area contributed by atoms with Crippen LogP contribution >= 0.6 is 0 Å². The van der Waals surface area contributed by atoms with Crippen LogP contribution in [0.2, 0.25) is 0 Å². The maximum Gasteiger partial charge on any atom is 0.316 e. The second kappa shape index (κ2) is 15.3. The average molecular weight is 660 g/mol. The Morgan fingerprint density at radius 2 is 1.64 bits per heavy atom. The van der Waals surface area contributed by atoms with Gasteiger partial charge < -0.3 is 10.1 Å². The third-order valence-corrected chi connectivity index (χ3v) is 6.04. The number of fused-ring (bicyclic) bond motifs is 3. The van der Waals surface area contributed by atoms with E-state index in [0.29, 0.717) is 0 Å². The molecule has 36 heavy (non-hydrogen) atoms. The predicted octanol–water partition coefficient (Wildman–Crippen LogP) is 8.77. The monoisotopic (exact) mass is 660 g/mol. The van der Waals surface area contributed by atoms with E-state index in [0.717, 1.165) is 17.7 Å². The zero-order valence-corrected chi connectivity index (χ0v) is 23.9. The van der Waals surface area contributed by atoms with Gasteiger partial charge >= 0.3 is 5.78 Å². The second-order valence-corrected chi connectivity index (χ2v) is 9.10. The second-order valence-electron chi connectivity index (χ2n) is 9.10. The van der Waals surface area contributed by atoms with Gasteiger partial charge in [0.05, 0.1) is 18.8 Å². The van der Waals surface area contributed by atoms with Gasteiger partial charge in [-0.15, -0.1) is 35.4 Å². The molecule has 4 heteroatoms. The number of hydrogen-bond donors (Lipinski definition) is 1. The molecule has 4 aromatic rings. The number of aromatic nitrogens is 1. The van der Waals surface area contributed by atoms with Crippen LogP contribution in [0.5, 0.6) is 0 Å². The van der Waals surface area contributed by atoms with Crippen molar-refractivity contribution in [2.24, 2.45) is 0 Å². The molecule has 0 bridgehead atoms. The van der Waals surface area contributed by atoms with E-state index in [2.05, 4.69) is 78.6 Å². The van der Waals surface area contributed by atoms with Gasteiger partial charge in [0.25, 0.3) is 0 Å². The summed E-state index contributed by atoms with van der Waals surface area (Å²) in [5, 5.41) is 13.4. The van der Waals surface area contributed by atoms with Crippen molar-refractivity contribution in [2.45, 2.75) is 65.7 Å². The van der Waals surface area contributed by atoms with E-state index >= 15 is 0 Å². The number of allylic oxidation sites excluding steroid dienone is 2. The molecule has 0 fully saturated rings. The van der Waals surface area contributed by atoms with E-state index in [1.54, 1.807) is 0 Å². The van der Waals surface area contributed by atoms with E-state index in [9.17, 15) is 0 Å². The minimum absolute atomic E-state index is 0. The summed E-state index contributed by atoms with van der Waals surface area (Å²) in [4.78, 5) is 13.1. The van der Waals surface area contributed by atoms with Crippen molar-refractivity contribution in [3.63, 3.8) is 0 Å². The topological polar surface area (TPSA) is 54.5 Å². The summed E-state index contributed by atoms with van der Waals surface area (Å²) in [5.41, 5.74) is 3.48. The first-order valence-electron chi connectivity index (χ1n) is 12.7. The molecule has 0 amide bonds. The van der Waals surface area contributed by atoms with Crippen molar-refractivity contribution >= 4 is 27.3 Å². The third kappa shape index (κ3) is 8.69. The number of benzene rings is 3. The van der Waals surface area contributed by atoms with Crippen LogP contribution in [-0.2, 0) is 26.5 Å². The molecule has 0 spiro atoms. The normalized spacial score (nSPS) is 11.0. The first-order valence-corrected chi connectivity index (χ1v) is 12.7. The van der Waals surface area contributed by atoms with Crippen molar-refractivity contribution in [1.29, 1.82) is 0 Å². The summed E-state index contributed by atoms with van der Waals surface area (Å²) < 4.78 is 0. The van der Waals surface area contributed by atoms with Crippen LogP contribution in [0.3, 0.4) is 0 Å². The smallest absolute Gasteiger partial charge is 0.316 e. The first kappa shape index (κ1) is 29.4. The van der Waals surface area contributed by atoms with Crippen LogP contribution < -0.4 is 0 Å². The van der Waals surface area contributed by atoms with Gasteiger partial charge in [-0.1, -0.05) is 88.3 Å². The minimum Gasteiger partial charge on any atom is -0.512 e. The van der Waals surface area contributed by atoms with E-state index in [1.807, 2.05) is 6.20 Å². The number of ketones is 1. The van der Waals surface area contributed by atoms with Gasteiger partial charge in [0.1, 0.15) is 0 Å². The fourth-order valence-electron chi connectivity index (χ4n) is 4.32. The largest absolute Gasteiger partial charge is 0.512 e. The maximum atomic E-state index is 8.40. The minimum atomic E-state index is 0. The molecule has 4 rings (SSSR count). The van der Waals surface area contributed by atoms with Crippen LogP contribution in [0, 0.1) is 6.07 Å². The van der Waals surface area contributed by atoms with Crippen LogP contribution in [0.1, 0.15) is 64.9 Å². The Morgan fingerprint density at radius 1 is 0.889 bits per heavy atom. The average Bonchev–Trinajstić information content (AvgIpc) is 2.85. The summed E-state index contributed by atoms with van der Waals surface area (Å²) in [5.74, 6) is 0.250. The molecule has 0 aliphatic carbocycles. The molecular formula is C32H37IrNO2. The third-order valence-electron chi connectivity index (χ3n) is 6.04. The molecule has 0 unspecified atom stereocenters. The number of aliphatic hydroxyl groups excluding tert-OH is 1. The molecule has 0 aliphatic heterocycles. The van der Waals surface area contributed by atoms with Gasteiger partial charge in [-0.25, -0.2) is 0 Å². The number of pyridine rings is 1. The van der Waals surface area contributed by atoms with Gasteiger partial charge in [0, 0.05) is 26.3 Å². The molecule has 0 saturated carbocycles. The maximum absolute atomic E-state index is 8.40. The zero-order valence-electron chi connectivity index (χ0n) is 21.6. The molecule has 1 heterocycles. The molecule has 1 aromatic heterocycles. The Hall–Kier alpha value is -2.81. The molecule has 2 N–H and O–H groups in total. The van der Waals surface area contributed by atoms with Gasteiger partial charge in [-0.3, -0.25) is 4.79 Å².